The fourth-order valence-corrected chi connectivity index (χ4v) is 1.71. The highest BCUT2D eigenvalue weighted by Gasteiger charge is 2.14. The largest absolute Gasteiger partial charge is 0.309 e. The fraction of sp³-hybridized carbons (Fsp3) is 0.600. The lowest BCUT2D eigenvalue weighted by Gasteiger charge is -2.31. The second-order valence-corrected chi connectivity index (χ2v) is 3.96. The minimum Gasteiger partial charge on any atom is -0.309 e. The Morgan fingerprint density at radius 2 is 2.13 bits per heavy atom. The molecule has 0 atom stereocenters. The van der Waals surface area contributed by atoms with Gasteiger partial charge in [-0.3, -0.25) is 9.69 Å². The summed E-state index contributed by atoms with van der Waals surface area (Å²) in [5.41, 5.74) is -0.0749. The molecule has 1 aliphatic rings. The SMILES string of the molecule is CN1CCN(Cc2nccc(=O)[nH]2)CC1. The molecule has 1 N–H and O–H groups in total. The smallest absolute Gasteiger partial charge is 0.250 e. The Kier molecular flexibility index (Phi) is 3.13. The molecule has 5 heteroatoms. The molecule has 0 saturated carbocycles. The molecule has 1 aromatic rings. The van der Waals surface area contributed by atoms with E-state index in [0.29, 0.717) is 0 Å². The number of hydrogen-bond donors (Lipinski definition) is 1. The molecular formula is C10H16N4O. The summed E-state index contributed by atoms with van der Waals surface area (Å²) in [5.74, 6) is 0.757. The van der Waals surface area contributed by atoms with E-state index in [2.05, 4.69) is 26.8 Å². The number of piperazine rings is 1. The number of rotatable bonds is 2. The zero-order chi connectivity index (χ0) is 10.7. The lowest BCUT2D eigenvalue weighted by molar-refractivity contribution is 0.145. The Morgan fingerprint density at radius 3 is 2.80 bits per heavy atom. The van der Waals surface area contributed by atoms with Crippen molar-refractivity contribution in [2.45, 2.75) is 6.54 Å². The Morgan fingerprint density at radius 1 is 1.40 bits per heavy atom. The average Bonchev–Trinajstić information content (AvgIpc) is 2.22. The van der Waals surface area contributed by atoms with E-state index < -0.39 is 0 Å². The van der Waals surface area contributed by atoms with E-state index in [-0.39, 0.29) is 5.56 Å². The third kappa shape index (κ3) is 2.87. The highest BCUT2D eigenvalue weighted by atomic mass is 16.1. The first-order valence-corrected chi connectivity index (χ1v) is 5.19. The Hall–Kier alpha value is -1.20. The van der Waals surface area contributed by atoms with Crippen LogP contribution in [0, 0.1) is 0 Å². The van der Waals surface area contributed by atoms with Crippen molar-refractivity contribution in [3.8, 4) is 0 Å². The standard InChI is InChI=1S/C10H16N4O/c1-13-4-6-14(7-5-13)8-9-11-3-2-10(15)12-9/h2-3H,4-8H2,1H3,(H,11,12,15). The summed E-state index contributed by atoms with van der Waals surface area (Å²) in [6.45, 7) is 4.97. The molecule has 2 rings (SSSR count). The van der Waals surface area contributed by atoms with Gasteiger partial charge in [0.05, 0.1) is 6.54 Å². The monoisotopic (exact) mass is 208 g/mol. The minimum absolute atomic E-state index is 0.0749. The molecule has 1 fully saturated rings. The molecule has 0 spiro atoms. The number of likely N-dealkylation sites (N-methyl/N-ethyl adjacent to an activating group) is 1. The Balaban J connectivity index is 1.94. The number of aromatic nitrogens is 2. The second kappa shape index (κ2) is 4.55. The fourth-order valence-electron chi connectivity index (χ4n) is 1.71. The normalized spacial score (nSPS) is 19.3. The van der Waals surface area contributed by atoms with Crippen molar-refractivity contribution in [2.75, 3.05) is 33.2 Å². The van der Waals surface area contributed by atoms with Crippen LogP contribution in [0.15, 0.2) is 17.1 Å². The molecule has 1 aromatic heterocycles. The third-order valence-electron chi connectivity index (χ3n) is 2.69. The first kappa shape index (κ1) is 10.3. The molecule has 0 radical (unpaired) electrons. The van der Waals surface area contributed by atoms with Crippen LogP contribution in [0.5, 0.6) is 0 Å². The predicted molar refractivity (Wildman–Crippen MR) is 57.6 cm³/mol. The zero-order valence-electron chi connectivity index (χ0n) is 8.94. The van der Waals surface area contributed by atoms with Gasteiger partial charge >= 0.3 is 0 Å². The number of nitrogens with zero attached hydrogens (tertiary/aromatic N) is 3. The summed E-state index contributed by atoms with van der Waals surface area (Å²) >= 11 is 0. The van der Waals surface area contributed by atoms with Crippen LogP contribution in [0.2, 0.25) is 0 Å². The molecule has 0 aliphatic carbocycles. The molecule has 15 heavy (non-hydrogen) atoms. The van der Waals surface area contributed by atoms with Crippen LogP contribution in [-0.2, 0) is 6.54 Å². The first-order chi connectivity index (χ1) is 7.24. The minimum atomic E-state index is -0.0749. The molecule has 1 aliphatic heterocycles. The van der Waals surface area contributed by atoms with Crippen LogP contribution in [0.3, 0.4) is 0 Å². The summed E-state index contributed by atoms with van der Waals surface area (Å²) in [4.78, 5) is 22.6. The maximum atomic E-state index is 11.1. The molecule has 82 valence electrons. The van der Waals surface area contributed by atoms with Crippen LogP contribution < -0.4 is 5.56 Å². The summed E-state index contributed by atoms with van der Waals surface area (Å²) < 4.78 is 0. The highest BCUT2D eigenvalue weighted by molar-refractivity contribution is 4.90. The average molecular weight is 208 g/mol. The van der Waals surface area contributed by atoms with E-state index >= 15 is 0 Å². The van der Waals surface area contributed by atoms with Crippen molar-refractivity contribution in [2.24, 2.45) is 0 Å². The molecule has 0 amide bonds. The Labute approximate surface area is 88.7 Å². The highest BCUT2D eigenvalue weighted by Crippen LogP contribution is 2.02. The van der Waals surface area contributed by atoms with E-state index in [9.17, 15) is 4.79 Å². The quantitative estimate of drug-likeness (QED) is 0.713. The van der Waals surface area contributed by atoms with Crippen LogP contribution in [0.1, 0.15) is 5.82 Å². The lowest BCUT2D eigenvalue weighted by Crippen LogP contribution is -2.44. The number of nitrogens with one attached hydrogen (secondary N) is 1. The van der Waals surface area contributed by atoms with Gasteiger partial charge in [0.1, 0.15) is 5.82 Å². The van der Waals surface area contributed by atoms with Crippen molar-refractivity contribution >= 4 is 0 Å². The van der Waals surface area contributed by atoms with Crippen LogP contribution in [-0.4, -0.2) is 53.0 Å². The molecule has 2 heterocycles. The molecular weight excluding hydrogens is 192 g/mol. The van der Waals surface area contributed by atoms with Gasteiger partial charge < -0.3 is 9.88 Å². The van der Waals surface area contributed by atoms with Gasteiger partial charge in [-0.05, 0) is 7.05 Å². The zero-order valence-corrected chi connectivity index (χ0v) is 8.94. The van der Waals surface area contributed by atoms with E-state index in [1.807, 2.05) is 0 Å². The maximum Gasteiger partial charge on any atom is 0.250 e. The van der Waals surface area contributed by atoms with Gasteiger partial charge in [-0.1, -0.05) is 0 Å². The number of H-pyrrole nitrogens is 1. The van der Waals surface area contributed by atoms with E-state index in [1.54, 1.807) is 6.20 Å². The summed E-state index contributed by atoms with van der Waals surface area (Å²) in [6.07, 6.45) is 1.56. The second-order valence-electron chi connectivity index (χ2n) is 3.96. The first-order valence-electron chi connectivity index (χ1n) is 5.19. The van der Waals surface area contributed by atoms with Gasteiger partial charge in [0.2, 0.25) is 0 Å². The lowest BCUT2D eigenvalue weighted by atomic mass is 10.3. The van der Waals surface area contributed by atoms with Gasteiger partial charge in [0.25, 0.3) is 5.56 Å². The number of hydrogen-bond acceptors (Lipinski definition) is 4. The summed E-state index contributed by atoms with van der Waals surface area (Å²) in [7, 11) is 2.12. The van der Waals surface area contributed by atoms with Gasteiger partial charge in [0, 0.05) is 38.4 Å². The van der Waals surface area contributed by atoms with E-state index in [0.717, 1.165) is 38.5 Å². The van der Waals surface area contributed by atoms with Crippen molar-refractivity contribution in [3.63, 3.8) is 0 Å². The Bertz CT molecular complexity index is 368. The molecule has 0 bridgehead atoms. The number of aromatic amines is 1. The van der Waals surface area contributed by atoms with Crippen molar-refractivity contribution in [1.82, 2.24) is 19.8 Å². The van der Waals surface area contributed by atoms with Gasteiger partial charge in [0.15, 0.2) is 0 Å². The molecule has 0 aromatic carbocycles. The van der Waals surface area contributed by atoms with Crippen molar-refractivity contribution < 1.29 is 0 Å². The van der Waals surface area contributed by atoms with Crippen LogP contribution in [0.25, 0.3) is 0 Å². The van der Waals surface area contributed by atoms with Crippen molar-refractivity contribution in [1.29, 1.82) is 0 Å². The van der Waals surface area contributed by atoms with Gasteiger partial charge in [-0.2, -0.15) is 0 Å². The van der Waals surface area contributed by atoms with Gasteiger partial charge in [-0.15, -0.1) is 0 Å². The third-order valence-corrected chi connectivity index (χ3v) is 2.69. The van der Waals surface area contributed by atoms with E-state index in [1.165, 1.54) is 6.07 Å². The topological polar surface area (TPSA) is 52.2 Å². The van der Waals surface area contributed by atoms with E-state index in [4.69, 9.17) is 0 Å². The molecule has 5 nitrogen and oxygen atoms in total. The van der Waals surface area contributed by atoms with Crippen LogP contribution >= 0.6 is 0 Å². The molecule has 1 saturated heterocycles. The van der Waals surface area contributed by atoms with Gasteiger partial charge in [-0.25, -0.2) is 4.98 Å². The van der Waals surface area contributed by atoms with Crippen molar-refractivity contribution in [3.05, 3.63) is 28.4 Å². The maximum absolute atomic E-state index is 11.1. The summed E-state index contributed by atoms with van der Waals surface area (Å²) in [5, 5.41) is 0. The predicted octanol–water partition coefficient (Wildman–Crippen LogP) is -0.483. The van der Waals surface area contributed by atoms with Crippen LogP contribution in [0.4, 0.5) is 0 Å². The molecule has 0 unspecified atom stereocenters. The summed E-state index contributed by atoms with van der Waals surface area (Å²) in [6, 6.07) is 1.44.